The summed E-state index contributed by atoms with van der Waals surface area (Å²) in [6.45, 7) is 4.21. The normalized spacial score (nSPS) is 27.1. The Labute approximate surface area is 116 Å². The van der Waals surface area contributed by atoms with Crippen molar-refractivity contribution in [2.75, 3.05) is 13.6 Å². The summed E-state index contributed by atoms with van der Waals surface area (Å²) in [5.41, 5.74) is -0.706. The Hall–Kier alpha value is -0.610. The van der Waals surface area contributed by atoms with E-state index in [4.69, 9.17) is 4.74 Å². The summed E-state index contributed by atoms with van der Waals surface area (Å²) in [4.78, 5) is 13.2. The fourth-order valence-corrected chi connectivity index (χ4v) is 3.28. The van der Waals surface area contributed by atoms with Crippen LogP contribution in [-0.2, 0) is 9.53 Å². The minimum Gasteiger partial charge on any atom is -0.480 e. The van der Waals surface area contributed by atoms with Crippen molar-refractivity contribution < 1.29 is 14.6 Å². The molecule has 0 aromatic carbocycles. The molecule has 2 aliphatic rings. The smallest absolute Gasteiger partial charge is 0.323 e. The lowest BCUT2D eigenvalue weighted by Gasteiger charge is -2.36. The van der Waals surface area contributed by atoms with E-state index in [1.54, 1.807) is 13.8 Å². The maximum Gasteiger partial charge on any atom is 0.323 e. The summed E-state index contributed by atoms with van der Waals surface area (Å²) >= 11 is 0. The van der Waals surface area contributed by atoms with E-state index in [-0.39, 0.29) is 11.7 Å². The third kappa shape index (κ3) is 3.11. The Balaban J connectivity index is 1.89. The van der Waals surface area contributed by atoms with Gasteiger partial charge in [-0.3, -0.25) is 9.69 Å². The molecule has 2 fully saturated rings. The molecule has 1 aliphatic heterocycles. The number of carboxylic acids is 1. The fourth-order valence-electron chi connectivity index (χ4n) is 3.28. The Morgan fingerprint density at radius 2 is 1.95 bits per heavy atom. The number of carboxylic acid groups (broad SMARTS) is 1. The fraction of sp³-hybridized carbons (Fsp3) is 0.933. The molecule has 2 rings (SSSR count). The molecular formula is C15H27NO3. The maximum absolute atomic E-state index is 11.2. The monoisotopic (exact) mass is 269 g/mol. The zero-order valence-corrected chi connectivity index (χ0v) is 12.4. The van der Waals surface area contributed by atoms with Gasteiger partial charge in [-0.25, -0.2) is 0 Å². The van der Waals surface area contributed by atoms with Crippen LogP contribution in [0.4, 0.5) is 0 Å². The highest BCUT2D eigenvalue weighted by molar-refractivity contribution is 5.77. The van der Waals surface area contributed by atoms with Crippen LogP contribution in [0.3, 0.4) is 0 Å². The number of aliphatic carboxylic acids is 1. The molecule has 0 amide bonds. The van der Waals surface area contributed by atoms with Crippen molar-refractivity contribution in [2.45, 2.75) is 76.0 Å². The first kappa shape index (κ1) is 14.8. The summed E-state index contributed by atoms with van der Waals surface area (Å²) in [5, 5.41) is 9.25. The predicted octanol–water partition coefficient (Wildman–Crippen LogP) is 2.66. The second-order valence-electron chi connectivity index (χ2n) is 6.77. The minimum absolute atomic E-state index is 0.122. The molecule has 110 valence electrons. The van der Waals surface area contributed by atoms with E-state index in [0.717, 1.165) is 12.8 Å². The van der Waals surface area contributed by atoms with E-state index in [2.05, 4.69) is 0 Å². The number of nitrogens with zero attached hydrogens (tertiary/aromatic N) is 1. The van der Waals surface area contributed by atoms with Gasteiger partial charge in [0.1, 0.15) is 5.54 Å². The summed E-state index contributed by atoms with van der Waals surface area (Å²) in [5.74, 6) is -0.777. The number of hydrogen-bond donors (Lipinski definition) is 1. The molecule has 1 N–H and O–H groups in total. The van der Waals surface area contributed by atoms with Crippen molar-refractivity contribution in [3.63, 3.8) is 0 Å². The molecule has 1 atom stereocenters. The molecule has 4 nitrogen and oxygen atoms in total. The minimum atomic E-state index is -0.828. The van der Waals surface area contributed by atoms with Crippen LogP contribution in [0.15, 0.2) is 0 Å². The van der Waals surface area contributed by atoms with Crippen LogP contribution in [-0.4, -0.2) is 46.8 Å². The van der Waals surface area contributed by atoms with Gasteiger partial charge >= 0.3 is 5.97 Å². The lowest BCUT2D eigenvalue weighted by atomic mass is 9.83. The van der Waals surface area contributed by atoms with Gasteiger partial charge in [0.15, 0.2) is 0 Å². The van der Waals surface area contributed by atoms with Gasteiger partial charge in [0.25, 0.3) is 0 Å². The third-order valence-corrected chi connectivity index (χ3v) is 5.06. The summed E-state index contributed by atoms with van der Waals surface area (Å²) in [6.07, 6.45) is 8.69. The Bertz CT molecular complexity index is 334. The van der Waals surface area contributed by atoms with Crippen LogP contribution in [0.1, 0.15) is 58.8 Å². The van der Waals surface area contributed by atoms with E-state index in [9.17, 15) is 9.90 Å². The zero-order valence-electron chi connectivity index (χ0n) is 12.4. The largest absolute Gasteiger partial charge is 0.480 e. The van der Waals surface area contributed by atoms with Crippen molar-refractivity contribution in [3.8, 4) is 0 Å². The quantitative estimate of drug-likeness (QED) is 0.852. The van der Waals surface area contributed by atoms with Crippen molar-refractivity contribution in [1.82, 2.24) is 4.90 Å². The van der Waals surface area contributed by atoms with Crippen molar-refractivity contribution in [3.05, 3.63) is 0 Å². The number of carbonyl (C=O) groups is 1. The van der Waals surface area contributed by atoms with Gasteiger partial charge in [-0.05, 0) is 46.6 Å². The van der Waals surface area contributed by atoms with Gasteiger partial charge in [-0.1, -0.05) is 19.3 Å². The second kappa shape index (κ2) is 5.41. The van der Waals surface area contributed by atoms with E-state index in [1.807, 2.05) is 11.9 Å². The van der Waals surface area contributed by atoms with E-state index in [0.29, 0.717) is 6.54 Å². The lowest BCUT2D eigenvalue weighted by Crippen LogP contribution is -2.50. The van der Waals surface area contributed by atoms with E-state index < -0.39 is 11.5 Å². The molecule has 1 unspecified atom stereocenters. The van der Waals surface area contributed by atoms with Crippen LogP contribution in [0.2, 0.25) is 0 Å². The van der Waals surface area contributed by atoms with Crippen LogP contribution < -0.4 is 0 Å². The molecule has 19 heavy (non-hydrogen) atoms. The van der Waals surface area contributed by atoms with Gasteiger partial charge in [-0.2, -0.15) is 0 Å². The highest BCUT2D eigenvalue weighted by Crippen LogP contribution is 2.42. The number of likely N-dealkylation sites (N-methyl/N-ethyl adjacent to an activating group) is 1. The molecule has 1 saturated carbocycles. The molecule has 0 aromatic heterocycles. The van der Waals surface area contributed by atoms with Crippen molar-refractivity contribution in [1.29, 1.82) is 0 Å². The average Bonchev–Trinajstić information content (AvgIpc) is 2.72. The predicted molar refractivity (Wildman–Crippen MR) is 74.3 cm³/mol. The SMILES string of the molecule is CN(CC1CCC2(CCCCC2)O1)C(C)(C)C(=O)O. The summed E-state index contributed by atoms with van der Waals surface area (Å²) in [7, 11) is 1.88. The first-order valence-electron chi connectivity index (χ1n) is 7.48. The van der Waals surface area contributed by atoms with Gasteiger partial charge < -0.3 is 9.84 Å². The van der Waals surface area contributed by atoms with Crippen molar-refractivity contribution >= 4 is 5.97 Å². The summed E-state index contributed by atoms with van der Waals surface area (Å²) in [6, 6.07) is 0. The lowest BCUT2D eigenvalue weighted by molar-refractivity contribution is -0.150. The van der Waals surface area contributed by atoms with Crippen molar-refractivity contribution in [2.24, 2.45) is 0 Å². The molecule has 0 aromatic rings. The van der Waals surface area contributed by atoms with Gasteiger partial charge in [0.2, 0.25) is 0 Å². The Morgan fingerprint density at radius 1 is 1.32 bits per heavy atom. The van der Waals surface area contributed by atoms with Crippen LogP contribution in [0.25, 0.3) is 0 Å². The molecule has 4 heteroatoms. The van der Waals surface area contributed by atoms with Crippen LogP contribution in [0.5, 0.6) is 0 Å². The van der Waals surface area contributed by atoms with Crippen LogP contribution in [0, 0.1) is 0 Å². The summed E-state index contributed by atoms with van der Waals surface area (Å²) < 4.78 is 6.30. The van der Waals surface area contributed by atoms with E-state index >= 15 is 0 Å². The molecule has 0 bridgehead atoms. The highest BCUT2D eigenvalue weighted by Gasteiger charge is 2.42. The molecule has 1 heterocycles. The average molecular weight is 269 g/mol. The third-order valence-electron chi connectivity index (χ3n) is 5.06. The van der Waals surface area contributed by atoms with Gasteiger partial charge in [-0.15, -0.1) is 0 Å². The first-order valence-corrected chi connectivity index (χ1v) is 7.48. The number of hydrogen-bond acceptors (Lipinski definition) is 3. The first-order chi connectivity index (χ1) is 8.86. The molecule has 1 spiro atoms. The van der Waals surface area contributed by atoms with Gasteiger partial charge in [0, 0.05) is 6.54 Å². The molecule has 1 saturated heterocycles. The molecular weight excluding hydrogens is 242 g/mol. The highest BCUT2D eigenvalue weighted by atomic mass is 16.5. The topological polar surface area (TPSA) is 49.8 Å². The maximum atomic E-state index is 11.2. The zero-order chi connectivity index (χ0) is 14.1. The van der Waals surface area contributed by atoms with E-state index in [1.165, 1.54) is 32.1 Å². The Kier molecular flexibility index (Phi) is 4.21. The Morgan fingerprint density at radius 3 is 2.53 bits per heavy atom. The molecule has 0 radical (unpaired) electrons. The second-order valence-corrected chi connectivity index (χ2v) is 6.77. The number of ether oxygens (including phenoxy) is 1. The molecule has 1 aliphatic carbocycles. The number of rotatable bonds is 4. The van der Waals surface area contributed by atoms with Crippen LogP contribution >= 0.6 is 0 Å². The standard InChI is InChI=1S/C15H27NO3/c1-14(2,13(17)18)16(3)11-12-7-10-15(19-12)8-5-4-6-9-15/h12H,4-11H2,1-3H3,(H,17,18). The van der Waals surface area contributed by atoms with Gasteiger partial charge in [0.05, 0.1) is 11.7 Å².